The highest BCUT2D eigenvalue weighted by Crippen LogP contribution is 2.43. The van der Waals surface area contributed by atoms with Gasteiger partial charge < -0.3 is 13.8 Å². The number of ketones is 1. The Kier molecular flexibility index (Phi) is 6.42. The van der Waals surface area contributed by atoms with Crippen molar-refractivity contribution in [3.63, 3.8) is 0 Å². The Morgan fingerprint density at radius 1 is 1.05 bits per heavy atom. The van der Waals surface area contributed by atoms with Crippen LogP contribution in [0.3, 0.4) is 0 Å². The lowest BCUT2D eigenvalue weighted by atomic mass is 9.88. The number of likely N-dealkylation sites (N-methyl/N-ethyl adjacent to an activating group) is 1. The minimum atomic E-state index is -4.21. The van der Waals surface area contributed by atoms with Crippen LogP contribution in [0, 0.1) is 6.92 Å². The van der Waals surface area contributed by atoms with Gasteiger partial charge in [0.2, 0.25) is 0 Å². The monoisotopic (exact) mass is 548 g/mol. The molecule has 2 aromatic carbocycles. The van der Waals surface area contributed by atoms with Gasteiger partial charge in [0.25, 0.3) is 0 Å². The maximum atomic E-state index is 13.7. The largest absolute Gasteiger partial charge is 0.444 e. The summed E-state index contributed by atoms with van der Waals surface area (Å²) in [6.45, 7) is 7.83. The first kappa shape index (κ1) is 26.4. The molecule has 2 aromatic heterocycles. The molecule has 0 fully saturated rings. The van der Waals surface area contributed by atoms with E-state index in [0.717, 1.165) is 5.56 Å². The van der Waals surface area contributed by atoms with E-state index in [9.17, 15) is 18.0 Å². The zero-order chi connectivity index (χ0) is 28.1. The molecule has 5 rings (SSSR count). The first-order valence-corrected chi connectivity index (χ1v) is 13.7. The van der Waals surface area contributed by atoms with E-state index in [1.54, 1.807) is 63.0 Å². The van der Waals surface area contributed by atoms with Crippen LogP contribution in [0.25, 0.3) is 22.2 Å². The summed E-state index contributed by atoms with van der Waals surface area (Å²) in [6.07, 6.45) is 2.59. The summed E-state index contributed by atoms with van der Waals surface area (Å²) in [7, 11) is -2.58. The summed E-state index contributed by atoms with van der Waals surface area (Å²) in [4.78, 5) is 31.7. The van der Waals surface area contributed by atoms with Gasteiger partial charge in [0, 0.05) is 42.5 Å². The van der Waals surface area contributed by atoms with E-state index < -0.39 is 21.8 Å². The lowest BCUT2D eigenvalue weighted by molar-refractivity contribution is 0.0292. The van der Waals surface area contributed by atoms with Crippen LogP contribution in [-0.4, -0.2) is 59.2 Å². The van der Waals surface area contributed by atoms with Gasteiger partial charge in [-0.15, -0.1) is 0 Å². The lowest BCUT2D eigenvalue weighted by Gasteiger charge is -2.24. The highest BCUT2D eigenvalue weighted by molar-refractivity contribution is 7.87. The number of amides is 1. The Bertz CT molecular complexity index is 1720. The zero-order valence-electron chi connectivity index (χ0n) is 22.3. The average molecular weight is 549 g/mol. The van der Waals surface area contributed by atoms with Crippen molar-refractivity contribution in [1.29, 1.82) is 0 Å². The topological polar surface area (TPSA) is 121 Å². The van der Waals surface area contributed by atoms with Gasteiger partial charge in [0.15, 0.2) is 11.5 Å². The first-order valence-electron chi connectivity index (χ1n) is 12.3. The molecular weight excluding hydrogens is 520 g/mol. The second-order valence-corrected chi connectivity index (χ2v) is 12.0. The van der Waals surface area contributed by atoms with E-state index in [-0.39, 0.29) is 28.5 Å². The molecule has 0 saturated carbocycles. The Balaban J connectivity index is 1.56. The molecule has 0 aliphatic heterocycles. The summed E-state index contributed by atoms with van der Waals surface area (Å²) in [6, 6.07) is 11.0. The van der Waals surface area contributed by atoms with Crippen LogP contribution >= 0.6 is 0 Å². The molecule has 4 aromatic rings. The Morgan fingerprint density at radius 2 is 1.77 bits per heavy atom. The third-order valence-corrected chi connectivity index (χ3v) is 7.54. The zero-order valence-corrected chi connectivity index (χ0v) is 23.1. The number of carbonyl (C=O) groups is 2. The number of pyridine rings is 1. The highest BCUT2D eigenvalue weighted by Gasteiger charge is 2.33. The predicted molar refractivity (Wildman–Crippen MR) is 144 cm³/mol. The molecule has 0 atom stereocenters. The van der Waals surface area contributed by atoms with Gasteiger partial charge in [-0.2, -0.15) is 13.5 Å². The Morgan fingerprint density at radius 3 is 2.46 bits per heavy atom. The number of hydrogen-bond donors (Lipinski definition) is 0. The molecule has 39 heavy (non-hydrogen) atoms. The Hall–Kier alpha value is -4.25. The maximum absolute atomic E-state index is 13.7. The van der Waals surface area contributed by atoms with Gasteiger partial charge in [-0.25, -0.2) is 4.79 Å². The lowest BCUT2D eigenvalue weighted by Crippen LogP contribution is -2.36. The summed E-state index contributed by atoms with van der Waals surface area (Å²) in [5, 5.41) is 5.22. The number of nitrogens with zero attached hydrogens (tertiary/aromatic N) is 4. The van der Waals surface area contributed by atoms with Crippen molar-refractivity contribution in [2.45, 2.75) is 44.7 Å². The summed E-state index contributed by atoms with van der Waals surface area (Å²) >= 11 is 0. The van der Waals surface area contributed by atoms with Crippen LogP contribution in [0.5, 0.6) is 5.75 Å². The normalized spacial score (nSPS) is 12.8. The van der Waals surface area contributed by atoms with E-state index >= 15 is 0 Å². The molecule has 10 nitrogen and oxygen atoms in total. The van der Waals surface area contributed by atoms with Crippen molar-refractivity contribution < 1.29 is 26.9 Å². The van der Waals surface area contributed by atoms with Gasteiger partial charge >= 0.3 is 16.2 Å². The molecule has 0 spiro atoms. The van der Waals surface area contributed by atoms with Gasteiger partial charge in [-0.05, 0) is 58.0 Å². The summed E-state index contributed by atoms with van der Waals surface area (Å²) in [5.41, 5.74) is 2.36. The second kappa shape index (κ2) is 9.49. The molecule has 11 heteroatoms. The third kappa shape index (κ3) is 4.97. The van der Waals surface area contributed by atoms with Crippen LogP contribution in [0.4, 0.5) is 4.79 Å². The number of fused-ring (bicyclic) bond motifs is 2. The van der Waals surface area contributed by atoms with E-state index in [4.69, 9.17) is 14.0 Å². The summed E-state index contributed by atoms with van der Waals surface area (Å²) < 4.78 is 38.9. The smallest absolute Gasteiger partial charge is 0.410 e. The predicted octanol–water partition coefficient (Wildman–Crippen LogP) is 4.59. The van der Waals surface area contributed by atoms with Crippen molar-refractivity contribution in [3.8, 4) is 17.0 Å². The average Bonchev–Trinajstić information content (AvgIpc) is 3.24. The molecule has 0 unspecified atom stereocenters. The number of benzene rings is 2. The molecule has 1 aliphatic rings. The third-order valence-electron chi connectivity index (χ3n) is 6.29. The molecule has 202 valence electrons. The van der Waals surface area contributed by atoms with Crippen LogP contribution in [0.15, 0.2) is 59.8 Å². The fraction of sp³-hybridized carbons (Fsp3) is 0.286. The molecule has 0 radical (unpaired) electrons. The van der Waals surface area contributed by atoms with E-state index in [1.807, 2.05) is 6.92 Å². The fourth-order valence-electron chi connectivity index (χ4n) is 4.37. The van der Waals surface area contributed by atoms with E-state index in [0.29, 0.717) is 34.3 Å². The minimum absolute atomic E-state index is 0.0191. The van der Waals surface area contributed by atoms with Gasteiger partial charge in [0.05, 0.1) is 17.6 Å². The number of hydrogen-bond acceptors (Lipinski definition) is 8. The molecule has 1 amide bonds. The van der Waals surface area contributed by atoms with Crippen molar-refractivity contribution in [1.82, 2.24) is 19.7 Å². The van der Waals surface area contributed by atoms with Crippen molar-refractivity contribution in [3.05, 3.63) is 71.5 Å². The number of ether oxygens (including phenoxy) is 1. The van der Waals surface area contributed by atoms with Gasteiger partial charge in [-0.1, -0.05) is 17.7 Å². The fourth-order valence-corrected chi connectivity index (χ4v) is 5.31. The van der Waals surface area contributed by atoms with Crippen LogP contribution in [-0.2, 0) is 21.4 Å². The van der Waals surface area contributed by atoms with Gasteiger partial charge in [0.1, 0.15) is 16.2 Å². The molecule has 0 saturated heterocycles. The maximum Gasteiger partial charge on any atom is 0.410 e. The number of aryl methyl sites for hydroxylation is 1. The first-order chi connectivity index (χ1) is 18.4. The molecule has 2 heterocycles. The molecule has 0 bridgehead atoms. The van der Waals surface area contributed by atoms with E-state index in [2.05, 4.69) is 4.98 Å². The van der Waals surface area contributed by atoms with E-state index in [1.165, 1.54) is 29.3 Å². The van der Waals surface area contributed by atoms with Crippen LogP contribution in [0.2, 0.25) is 0 Å². The molecule has 1 aliphatic carbocycles. The molecule has 0 N–H and O–H groups in total. The highest BCUT2D eigenvalue weighted by atomic mass is 32.2. The van der Waals surface area contributed by atoms with Crippen molar-refractivity contribution in [2.75, 3.05) is 13.6 Å². The SMILES string of the molecule is Cc1ccc(S(=O)(=O)Oc2ccc3c4c(nn3CCN(C)C(=O)OC(C)(C)C)-c3cnccc3C(=O)c24)cc1. The second-order valence-electron chi connectivity index (χ2n) is 10.4. The minimum Gasteiger partial charge on any atom is -0.444 e. The quantitative estimate of drug-likeness (QED) is 0.283. The van der Waals surface area contributed by atoms with Crippen molar-refractivity contribution in [2.24, 2.45) is 0 Å². The Labute approximate surface area is 226 Å². The van der Waals surface area contributed by atoms with Crippen molar-refractivity contribution >= 4 is 32.9 Å². The number of aromatic nitrogens is 3. The van der Waals surface area contributed by atoms with Crippen LogP contribution < -0.4 is 4.18 Å². The van der Waals surface area contributed by atoms with Crippen LogP contribution in [0.1, 0.15) is 42.3 Å². The summed E-state index contributed by atoms with van der Waals surface area (Å²) in [5.74, 6) is -0.466. The standard InChI is InChI=1S/C28H28N4O6S/c1-17-6-8-18(9-7-17)39(35,36)38-22-11-10-21-23-24(22)26(33)19-12-13-29-16-20(19)25(23)30-32(21)15-14-31(5)27(34)37-28(2,3)4/h6-13,16H,14-15H2,1-5H3. The number of rotatable bonds is 6. The van der Waals surface area contributed by atoms with Gasteiger partial charge in [-0.3, -0.25) is 14.5 Å². The molecular formula is C28H28N4O6S. The number of carbonyl (C=O) groups excluding carboxylic acids is 2.